The summed E-state index contributed by atoms with van der Waals surface area (Å²) in [6.45, 7) is 5.23. The van der Waals surface area contributed by atoms with E-state index in [0.29, 0.717) is 24.2 Å². The third-order valence-electron chi connectivity index (χ3n) is 4.90. The second-order valence-electron chi connectivity index (χ2n) is 6.89. The lowest BCUT2D eigenvalue weighted by Gasteiger charge is -2.21. The van der Waals surface area contributed by atoms with E-state index in [4.69, 9.17) is 0 Å². The van der Waals surface area contributed by atoms with E-state index in [2.05, 4.69) is 12.2 Å². The van der Waals surface area contributed by atoms with Crippen LogP contribution in [-0.2, 0) is 13.0 Å². The first kappa shape index (κ1) is 20.3. The molecule has 2 amide bonds. The molecule has 0 atom stereocenters. The van der Waals surface area contributed by atoms with Gasteiger partial charge < -0.3 is 10.2 Å². The minimum Gasteiger partial charge on any atom is -0.335 e. The van der Waals surface area contributed by atoms with Crippen molar-refractivity contribution >= 4 is 17.5 Å². The monoisotopic (exact) mass is 386 g/mol. The van der Waals surface area contributed by atoms with Crippen LogP contribution in [0.3, 0.4) is 0 Å². The summed E-state index contributed by atoms with van der Waals surface area (Å²) in [6, 6.07) is 24.5. The van der Waals surface area contributed by atoms with Crippen LogP contribution in [0.1, 0.15) is 45.7 Å². The van der Waals surface area contributed by atoms with Crippen molar-refractivity contribution in [2.24, 2.45) is 0 Å². The number of nitrogens with one attached hydrogen (secondary N) is 1. The molecule has 0 fully saturated rings. The Balaban J connectivity index is 1.66. The van der Waals surface area contributed by atoms with Gasteiger partial charge in [0.25, 0.3) is 11.8 Å². The molecule has 0 spiro atoms. The maximum Gasteiger partial charge on any atom is 0.255 e. The molecule has 3 rings (SSSR count). The summed E-state index contributed by atoms with van der Waals surface area (Å²) < 4.78 is 0. The Labute approximate surface area is 172 Å². The van der Waals surface area contributed by atoms with E-state index in [-0.39, 0.29) is 11.8 Å². The van der Waals surface area contributed by atoms with Crippen molar-refractivity contribution in [2.75, 3.05) is 11.9 Å². The van der Waals surface area contributed by atoms with Crippen molar-refractivity contribution in [3.05, 3.63) is 101 Å². The van der Waals surface area contributed by atoms with E-state index in [1.165, 1.54) is 5.56 Å². The number of hydrogen-bond acceptors (Lipinski definition) is 2. The molecular weight excluding hydrogens is 360 g/mol. The molecule has 4 nitrogen and oxygen atoms in total. The van der Waals surface area contributed by atoms with Gasteiger partial charge in [0, 0.05) is 29.9 Å². The Kier molecular flexibility index (Phi) is 6.80. The molecule has 1 N–H and O–H groups in total. The number of anilines is 1. The highest BCUT2D eigenvalue weighted by atomic mass is 16.2. The Bertz CT molecular complexity index is 948. The fourth-order valence-corrected chi connectivity index (χ4v) is 3.10. The predicted molar refractivity (Wildman–Crippen MR) is 117 cm³/mol. The summed E-state index contributed by atoms with van der Waals surface area (Å²) >= 11 is 0. The van der Waals surface area contributed by atoms with Crippen LogP contribution in [0, 0.1) is 0 Å². The van der Waals surface area contributed by atoms with Crippen molar-refractivity contribution in [1.29, 1.82) is 0 Å². The fraction of sp³-hybridized carbons (Fsp3) is 0.200. The van der Waals surface area contributed by atoms with Gasteiger partial charge in [-0.15, -0.1) is 0 Å². The van der Waals surface area contributed by atoms with Gasteiger partial charge in [0.1, 0.15) is 0 Å². The number of carbonyl (C=O) groups is 2. The number of nitrogens with zero attached hydrogens (tertiary/aromatic N) is 1. The molecule has 3 aromatic rings. The summed E-state index contributed by atoms with van der Waals surface area (Å²) in [5, 5.41) is 2.89. The predicted octanol–water partition coefficient (Wildman–Crippen LogP) is 5.16. The topological polar surface area (TPSA) is 49.4 Å². The van der Waals surface area contributed by atoms with Crippen molar-refractivity contribution in [2.45, 2.75) is 26.8 Å². The highest BCUT2D eigenvalue weighted by Gasteiger charge is 2.15. The normalized spacial score (nSPS) is 10.4. The number of aryl methyl sites for hydroxylation is 1. The average molecular weight is 386 g/mol. The average Bonchev–Trinajstić information content (AvgIpc) is 2.78. The minimum absolute atomic E-state index is 0.0431. The van der Waals surface area contributed by atoms with Gasteiger partial charge in [0.05, 0.1) is 0 Å². The molecule has 0 radical (unpaired) electrons. The molecule has 0 aliphatic carbocycles. The fourth-order valence-electron chi connectivity index (χ4n) is 3.10. The standard InChI is InChI=1S/C25H26N2O2/c1-3-19-10-16-23(17-11-19)26-24(28)21-12-14-22(15-13-21)25(29)27(4-2)18-20-8-6-5-7-9-20/h5-17H,3-4,18H2,1-2H3,(H,26,28). The molecule has 0 aliphatic heterocycles. The van der Waals surface area contributed by atoms with E-state index in [9.17, 15) is 9.59 Å². The summed E-state index contributed by atoms with van der Waals surface area (Å²) in [5.74, 6) is -0.233. The second-order valence-corrected chi connectivity index (χ2v) is 6.89. The van der Waals surface area contributed by atoms with Crippen molar-refractivity contribution < 1.29 is 9.59 Å². The molecule has 148 valence electrons. The lowest BCUT2D eigenvalue weighted by atomic mass is 10.1. The zero-order chi connectivity index (χ0) is 20.6. The molecular formula is C25H26N2O2. The van der Waals surface area contributed by atoms with E-state index in [1.54, 1.807) is 29.2 Å². The lowest BCUT2D eigenvalue weighted by molar-refractivity contribution is 0.0752. The van der Waals surface area contributed by atoms with Crippen LogP contribution in [-0.4, -0.2) is 23.3 Å². The zero-order valence-electron chi connectivity index (χ0n) is 16.9. The van der Waals surface area contributed by atoms with Crippen LogP contribution in [0.2, 0.25) is 0 Å². The molecule has 29 heavy (non-hydrogen) atoms. The summed E-state index contributed by atoms with van der Waals surface area (Å²) in [7, 11) is 0. The summed E-state index contributed by atoms with van der Waals surface area (Å²) in [4.78, 5) is 27.1. The number of rotatable bonds is 7. The Morgan fingerprint density at radius 2 is 1.38 bits per heavy atom. The Morgan fingerprint density at radius 3 is 1.97 bits per heavy atom. The molecule has 0 bridgehead atoms. The maximum atomic E-state index is 12.8. The largest absolute Gasteiger partial charge is 0.335 e. The molecule has 0 saturated heterocycles. The van der Waals surface area contributed by atoms with Gasteiger partial charge in [0.15, 0.2) is 0 Å². The van der Waals surface area contributed by atoms with Crippen LogP contribution in [0.15, 0.2) is 78.9 Å². The Hall–Kier alpha value is -3.40. The third-order valence-corrected chi connectivity index (χ3v) is 4.90. The first-order valence-electron chi connectivity index (χ1n) is 9.94. The number of amides is 2. The molecule has 0 aliphatic rings. The molecule has 0 saturated carbocycles. The summed E-state index contributed by atoms with van der Waals surface area (Å²) in [5.41, 5.74) is 4.17. The maximum absolute atomic E-state index is 12.8. The quantitative estimate of drug-likeness (QED) is 0.609. The first-order valence-corrected chi connectivity index (χ1v) is 9.94. The van der Waals surface area contributed by atoms with Crippen LogP contribution >= 0.6 is 0 Å². The van der Waals surface area contributed by atoms with Gasteiger partial charge in [-0.1, -0.05) is 49.4 Å². The lowest BCUT2D eigenvalue weighted by Crippen LogP contribution is -2.30. The molecule has 0 unspecified atom stereocenters. The van der Waals surface area contributed by atoms with E-state index in [1.807, 2.05) is 61.5 Å². The smallest absolute Gasteiger partial charge is 0.255 e. The van der Waals surface area contributed by atoms with Crippen LogP contribution in [0.4, 0.5) is 5.69 Å². The molecule has 0 heterocycles. The minimum atomic E-state index is -0.190. The SMILES string of the molecule is CCc1ccc(NC(=O)c2ccc(C(=O)N(CC)Cc3ccccc3)cc2)cc1. The third kappa shape index (κ3) is 5.32. The number of carbonyl (C=O) groups excluding carboxylic acids is 2. The van der Waals surface area contributed by atoms with E-state index < -0.39 is 0 Å². The van der Waals surface area contributed by atoms with E-state index >= 15 is 0 Å². The summed E-state index contributed by atoms with van der Waals surface area (Å²) in [6.07, 6.45) is 0.961. The van der Waals surface area contributed by atoms with Gasteiger partial charge >= 0.3 is 0 Å². The second kappa shape index (κ2) is 9.69. The van der Waals surface area contributed by atoms with Crippen LogP contribution in [0.25, 0.3) is 0 Å². The molecule has 3 aromatic carbocycles. The van der Waals surface area contributed by atoms with Crippen LogP contribution < -0.4 is 5.32 Å². The first-order chi connectivity index (χ1) is 14.1. The van der Waals surface area contributed by atoms with Gasteiger partial charge in [-0.25, -0.2) is 0 Å². The van der Waals surface area contributed by atoms with Crippen molar-refractivity contribution in [1.82, 2.24) is 4.90 Å². The van der Waals surface area contributed by atoms with Gasteiger partial charge in [-0.2, -0.15) is 0 Å². The van der Waals surface area contributed by atoms with Gasteiger partial charge in [-0.3, -0.25) is 9.59 Å². The highest BCUT2D eigenvalue weighted by molar-refractivity contribution is 6.05. The molecule has 0 aromatic heterocycles. The van der Waals surface area contributed by atoms with Crippen molar-refractivity contribution in [3.63, 3.8) is 0 Å². The van der Waals surface area contributed by atoms with Crippen molar-refractivity contribution in [3.8, 4) is 0 Å². The Morgan fingerprint density at radius 1 is 0.759 bits per heavy atom. The zero-order valence-corrected chi connectivity index (χ0v) is 16.9. The number of hydrogen-bond donors (Lipinski definition) is 1. The van der Waals surface area contributed by atoms with Gasteiger partial charge in [-0.05, 0) is 60.9 Å². The van der Waals surface area contributed by atoms with Crippen LogP contribution in [0.5, 0.6) is 0 Å². The van der Waals surface area contributed by atoms with E-state index in [0.717, 1.165) is 17.7 Å². The molecule has 4 heteroatoms. The van der Waals surface area contributed by atoms with Gasteiger partial charge in [0.2, 0.25) is 0 Å². The number of benzene rings is 3. The highest BCUT2D eigenvalue weighted by Crippen LogP contribution is 2.14.